The lowest BCUT2D eigenvalue weighted by Crippen LogP contribution is -2.63. The highest BCUT2D eigenvalue weighted by Gasteiger charge is 2.45. The fraction of sp³-hybridized carbons (Fsp3) is 0.375. The van der Waals surface area contributed by atoms with Gasteiger partial charge in [-0.1, -0.05) is 42.5 Å². The van der Waals surface area contributed by atoms with Crippen LogP contribution in [0.4, 0.5) is 0 Å². The van der Waals surface area contributed by atoms with Crippen LogP contribution in [0.5, 0.6) is 0 Å². The molecule has 104 valence electrons. The van der Waals surface area contributed by atoms with Crippen LogP contribution in [-0.4, -0.2) is 28.0 Å². The van der Waals surface area contributed by atoms with Crippen molar-refractivity contribution < 1.29 is 10.2 Å². The number of hydrogen-bond acceptors (Lipinski definition) is 3. The van der Waals surface area contributed by atoms with Crippen LogP contribution in [0, 0.1) is 0 Å². The second kappa shape index (κ2) is 6.66. The maximum absolute atomic E-state index is 10.9. The molecule has 0 aliphatic carbocycles. The topological polar surface area (TPSA) is 66.5 Å². The van der Waals surface area contributed by atoms with Crippen molar-refractivity contribution in [2.45, 2.75) is 30.4 Å². The molecule has 0 spiro atoms. The monoisotopic (exact) mass is 261 g/mol. The Morgan fingerprint density at radius 3 is 2.16 bits per heavy atom. The fourth-order valence-electron chi connectivity index (χ4n) is 2.28. The maximum atomic E-state index is 10.9. The fourth-order valence-corrected chi connectivity index (χ4v) is 2.28. The molecule has 0 heterocycles. The molecule has 3 heteroatoms. The van der Waals surface area contributed by atoms with Crippen LogP contribution in [0.2, 0.25) is 0 Å². The maximum Gasteiger partial charge on any atom is 0.0925 e. The summed E-state index contributed by atoms with van der Waals surface area (Å²) in [5.41, 5.74) is 4.80. The highest BCUT2D eigenvalue weighted by molar-refractivity contribution is 5.21. The summed E-state index contributed by atoms with van der Waals surface area (Å²) in [7, 11) is 0. The quantitative estimate of drug-likeness (QED) is 0.625. The van der Waals surface area contributed by atoms with Gasteiger partial charge in [0.05, 0.1) is 17.7 Å². The molecule has 1 aromatic rings. The molecule has 0 aromatic heterocycles. The molecular weight excluding hydrogens is 238 g/mol. The Kier molecular flexibility index (Phi) is 5.48. The van der Waals surface area contributed by atoms with Gasteiger partial charge in [0, 0.05) is 6.42 Å². The minimum Gasteiger partial charge on any atom is -0.394 e. The van der Waals surface area contributed by atoms with Crippen LogP contribution >= 0.6 is 0 Å². The summed E-state index contributed by atoms with van der Waals surface area (Å²) in [4.78, 5) is 0. The van der Waals surface area contributed by atoms with E-state index in [1.807, 2.05) is 30.3 Å². The van der Waals surface area contributed by atoms with E-state index in [0.29, 0.717) is 19.3 Å². The highest BCUT2D eigenvalue weighted by Crippen LogP contribution is 2.31. The normalized spacial score (nSPS) is 17.2. The van der Waals surface area contributed by atoms with E-state index in [0.717, 1.165) is 5.56 Å². The van der Waals surface area contributed by atoms with Crippen LogP contribution in [0.1, 0.15) is 18.4 Å². The Hall–Kier alpha value is -1.42. The van der Waals surface area contributed by atoms with Gasteiger partial charge in [-0.05, 0) is 18.4 Å². The number of nitrogens with two attached hydrogens (primary N) is 1. The third-order valence-corrected chi connectivity index (χ3v) is 3.54. The summed E-state index contributed by atoms with van der Waals surface area (Å²) in [5, 5.41) is 20.5. The van der Waals surface area contributed by atoms with E-state index in [1.54, 1.807) is 12.2 Å². The van der Waals surface area contributed by atoms with Crippen LogP contribution in [0.25, 0.3) is 0 Å². The summed E-state index contributed by atoms with van der Waals surface area (Å²) in [6.45, 7) is 7.01. The lowest BCUT2D eigenvalue weighted by molar-refractivity contribution is -0.0545. The molecule has 1 aromatic carbocycles. The molecule has 0 saturated heterocycles. The average Bonchev–Trinajstić information content (AvgIpc) is 2.40. The Morgan fingerprint density at radius 2 is 1.68 bits per heavy atom. The van der Waals surface area contributed by atoms with Crippen molar-refractivity contribution in [3.05, 3.63) is 61.2 Å². The lowest BCUT2D eigenvalue weighted by Gasteiger charge is -2.43. The molecule has 2 unspecified atom stereocenters. The lowest BCUT2D eigenvalue weighted by atomic mass is 9.72. The summed E-state index contributed by atoms with van der Waals surface area (Å²) < 4.78 is 0. The first-order chi connectivity index (χ1) is 9.01. The van der Waals surface area contributed by atoms with Crippen molar-refractivity contribution in [3.8, 4) is 0 Å². The predicted octanol–water partition coefficient (Wildman–Crippen LogP) is 1.80. The van der Waals surface area contributed by atoms with E-state index in [9.17, 15) is 10.2 Å². The van der Waals surface area contributed by atoms with Crippen molar-refractivity contribution in [1.29, 1.82) is 0 Å². The van der Waals surface area contributed by atoms with Gasteiger partial charge >= 0.3 is 0 Å². The van der Waals surface area contributed by atoms with Crippen molar-refractivity contribution in [1.82, 2.24) is 0 Å². The molecule has 0 fully saturated rings. The average molecular weight is 261 g/mol. The minimum absolute atomic E-state index is 0.309. The third kappa shape index (κ3) is 3.53. The zero-order valence-electron chi connectivity index (χ0n) is 11.3. The van der Waals surface area contributed by atoms with Crippen LogP contribution in [0.3, 0.4) is 0 Å². The van der Waals surface area contributed by atoms with Gasteiger partial charge < -0.3 is 15.9 Å². The third-order valence-electron chi connectivity index (χ3n) is 3.54. The van der Waals surface area contributed by atoms with Gasteiger partial charge in [-0.3, -0.25) is 0 Å². The van der Waals surface area contributed by atoms with Crippen LogP contribution < -0.4 is 5.73 Å². The van der Waals surface area contributed by atoms with Gasteiger partial charge in [0.2, 0.25) is 0 Å². The second-order valence-electron chi connectivity index (χ2n) is 4.99. The number of aliphatic hydroxyl groups is 2. The van der Waals surface area contributed by atoms with Gasteiger partial charge in [0.1, 0.15) is 0 Å². The number of rotatable bonds is 8. The number of hydrogen-bond donors (Lipinski definition) is 3. The summed E-state index contributed by atoms with van der Waals surface area (Å²) in [6.07, 6.45) is 4.26. The molecule has 2 atom stereocenters. The summed E-state index contributed by atoms with van der Waals surface area (Å²) >= 11 is 0. The zero-order valence-corrected chi connectivity index (χ0v) is 11.3. The van der Waals surface area contributed by atoms with E-state index < -0.39 is 11.1 Å². The molecule has 0 aliphatic rings. The Labute approximate surface area is 115 Å². The first-order valence-corrected chi connectivity index (χ1v) is 6.39. The molecule has 0 aliphatic heterocycles. The van der Waals surface area contributed by atoms with Gasteiger partial charge in [0.25, 0.3) is 0 Å². The Balaban J connectivity index is 3.07. The molecule has 4 N–H and O–H groups in total. The molecule has 0 bridgehead atoms. The van der Waals surface area contributed by atoms with Gasteiger partial charge in [-0.15, -0.1) is 13.2 Å². The largest absolute Gasteiger partial charge is 0.394 e. The van der Waals surface area contributed by atoms with Crippen molar-refractivity contribution in [2.75, 3.05) is 6.61 Å². The van der Waals surface area contributed by atoms with E-state index >= 15 is 0 Å². The Morgan fingerprint density at radius 1 is 1.11 bits per heavy atom. The van der Waals surface area contributed by atoms with E-state index in [2.05, 4.69) is 13.2 Å². The van der Waals surface area contributed by atoms with Crippen LogP contribution in [0.15, 0.2) is 55.6 Å². The van der Waals surface area contributed by atoms with Crippen molar-refractivity contribution in [2.24, 2.45) is 5.73 Å². The van der Waals surface area contributed by atoms with Crippen LogP contribution in [-0.2, 0) is 6.42 Å². The molecule has 0 saturated carbocycles. The van der Waals surface area contributed by atoms with Gasteiger partial charge in [0.15, 0.2) is 0 Å². The highest BCUT2D eigenvalue weighted by atomic mass is 16.3. The molecular formula is C16H23NO2. The number of aliphatic hydroxyl groups excluding tert-OH is 1. The van der Waals surface area contributed by atoms with E-state index in [4.69, 9.17) is 5.73 Å². The second-order valence-corrected chi connectivity index (χ2v) is 4.99. The van der Waals surface area contributed by atoms with Gasteiger partial charge in [-0.2, -0.15) is 0 Å². The minimum atomic E-state index is -1.25. The summed E-state index contributed by atoms with van der Waals surface area (Å²) in [6, 6.07) is 9.60. The smallest absolute Gasteiger partial charge is 0.0925 e. The number of benzene rings is 1. The molecule has 19 heavy (non-hydrogen) atoms. The van der Waals surface area contributed by atoms with E-state index in [1.165, 1.54) is 0 Å². The molecule has 0 radical (unpaired) electrons. The first-order valence-electron chi connectivity index (χ1n) is 6.39. The standard InChI is InChI=1S/C16H23NO2/c1-3-10-15(17,13-18)16(19,11-4-2)12-14-8-6-5-7-9-14/h3-9,18-19H,1-2,10-13,17H2. The SMILES string of the molecule is C=CCC(N)(CO)C(O)(CC=C)Cc1ccccc1. The molecule has 1 rings (SSSR count). The summed E-state index contributed by atoms with van der Waals surface area (Å²) in [5.74, 6) is 0. The molecule has 3 nitrogen and oxygen atoms in total. The van der Waals surface area contributed by atoms with Gasteiger partial charge in [-0.25, -0.2) is 0 Å². The molecule has 0 amide bonds. The van der Waals surface area contributed by atoms with Crippen molar-refractivity contribution in [3.63, 3.8) is 0 Å². The van der Waals surface area contributed by atoms with Crippen molar-refractivity contribution >= 4 is 0 Å². The van der Waals surface area contributed by atoms with E-state index in [-0.39, 0.29) is 6.61 Å². The Bertz CT molecular complexity index is 418. The first kappa shape index (κ1) is 15.6. The predicted molar refractivity (Wildman–Crippen MR) is 78.7 cm³/mol. The zero-order chi connectivity index (χ0) is 14.4.